The first-order valence-corrected chi connectivity index (χ1v) is 5.68. The van der Waals surface area contributed by atoms with E-state index in [9.17, 15) is 4.79 Å². The molecule has 0 aliphatic heterocycles. The van der Waals surface area contributed by atoms with Crippen LogP contribution in [0, 0.1) is 0 Å². The minimum absolute atomic E-state index is 0.190. The van der Waals surface area contributed by atoms with E-state index in [2.05, 4.69) is 11.7 Å². The standard InChI is InChI=1S/C14H18O3/c1-4-11(2)17-13-7-5-6-12(10-13)8-9-14(15)16-3/h5-11H,4H2,1-3H3. The zero-order valence-corrected chi connectivity index (χ0v) is 10.5. The number of methoxy groups -OCH3 is 1. The quantitative estimate of drug-likeness (QED) is 0.580. The molecule has 3 nitrogen and oxygen atoms in total. The average Bonchev–Trinajstić information content (AvgIpc) is 2.36. The van der Waals surface area contributed by atoms with Gasteiger partial charge in [0, 0.05) is 6.08 Å². The van der Waals surface area contributed by atoms with Crippen molar-refractivity contribution in [3.05, 3.63) is 35.9 Å². The minimum Gasteiger partial charge on any atom is -0.491 e. The molecule has 1 atom stereocenters. The van der Waals surface area contributed by atoms with Gasteiger partial charge in [0.15, 0.2) is 0 Å². The largest absolute Gasteiger partial charge is 0.491 e. The van der Waals surface area contributed by atoms with Crippen molar-refractivity contribution in [2.75, 3.05) is 7.11 Å². The van der Waals surface area contributed by atoms with Gasteiger partial charge in [0.05, 0.1) is 13.2 Å². The molecule has 17 heavy (non-hydrogen) atoms. The fourth-order valence-electron chi connectivity index (χ4n) is 1.24. The van der Waals surface area contributed by atoms with Crippen LogP contribution in [0.25, 0.3) is 6.08 Å². The maximum absolute atomic E-state index is 11.0. The molecule has 0 radical (unpaired) electrons. The van der Waals surface area contributed by atoms with Crippen LogP contribution in [0.2, 0.25) is 0 Å². The second kappa shape index (κ2) is 6.74. The predicted octanol–water partition coefficient (Wildman–Crippen LogP) is 3.05. The Balaban J connectivity index is 2.72. The molecule has 0 spiro atoms. The summed E-state index contributed by atoms with van der Waals surface area (Å²) >= 11 is 0. The van der Waals surface area contributed by atoms with Gasteiger partial charge in [0.2, 0.25) is 0 Å². The van der Waals surface area contributed by atoms with E-state index in [-0.39, 0.29) is 12.1 Å². The van der Waals surface area contributed by atoms with Gasteiger partial charge in [-0.15, -0.1) is 0 Å². The highest BCUT2D eigenvalue weighted by Gasteiger charge is 2.01. The summed E-state index contributed by atoms with van der Waals surface area (Å²) < 4.78 is 10.2. The number of esters is 1. The molecule has 0 aliphatic rings. The van der Waals surface area contributed by atoms with Gasteiger partial charge in [-0.1, -0.05) is 19.1 Å². The first-order valence-electron chi connectivity index (χ1n) is 5.68. The minimum atomic E-state index is -0.363. The van der Waals surface area contributed by atoms with Gasteiger partial charge in [-0.05, 0) is 37.1 Å². The summed E-state index contributed by atoms with van der Waals surface area (Å²) in [6.07, 6.45) is 4.25. The molecule has 1 unspecified atom stereocenters. The monoisotopic (exact) mass is 234 g/mol. The Morgan fingerprint density at radius 3 is 2.88 bits per heavy atom. The number of hydrogen-bond donors (Lipinski definition) is 0. The number of benzene rings is 1. The summed E-state index contributed by atoms with van der Waals surface area (Å²) in [6.45, 7) is 4.10. The summed E-state index contributed by atoms with van der Waals surface area (Å²) in [5, 5.41) is 0. The zero-order chi connectivity index (χ0) is 12.7. The molecule has 0 saturated carbocycles. The molecule has 0 aromatic heterocycles. The average molecular weight is 234 g/mol. The molecular formula is C14H18O3. The summed E-state index contributed by atoms with van der Waals surface area (Å²) in [5.41, 5.74) is 0.913. The second-order valence-electron chi connectivity index (χ2n) is 3.77. The van der Waals surface area contributed by atoms with Crippen LogP contribution in [0.5, 0.6) is 5.75 Å². The SMILES string of the molecule is CCC(C)Oc1cccc(C=CC(=O)OC)c1. The van der Waals surface area contributed by atoms with E-state index in [1.807, 2.05) is 31.2 Å². The van der Waals surface area contributed by atoms with E-state index in [0.29, 0.717) is 0 Å². The van der Waals surface area contributed by atoms with E-state index in [1.54, 1.807) is 6.08 Å². The van der Waals surface area contributed by atoms with Crippen LogP contribution in [0.1, 0.15) is 25.8 Å². The van der Waals surface area contributed by atoms with E-state index in [0.717, 1.165) is 17.7 Å². The normalized spacial score (nSPS) is 12.4. The maximum atomic E-state index is 11.0. The van der Waals surface area contributed by atoms with Crippen molar-refractivity contribution in [1.29, 1.82) is 0 Å². The molecule has 1 aromatic rings. The van der Waals surface area contributed by atoms with Gasteiger partial charge in [0.1, 0.15) is 5.75 Å². The molecule has 1 rings (SSSR count). The van der Waals surface area contributed by atoms with Gasteiger partial charge in [-0.3, -0.25) is 0 Å². The molecule has 92 valence electrons. The lowest BCUT2D eigenvalue weighted by molar-refractivity contribution is -0.134. The molecule has 0 N–H and O–H groups in total. The number of ether oxygens (including phenoxy) is 2. The maximum Gasteiger partial charge on any atom is 0.330 e. The molecule has 3 heteroatoms. The third kappa shape index (κ3) is 4.72. The zero-order valence-electron chi connectivity index (χ0n) is 10.5. The molecular weight excluding hydrogens is 216 g/mol. The van der Waals surface area contributed by atoms with Gasteiger partial charge in [-0.2, -0.15) is 0 Å². The Hall–Kier alpha value is -1.77. The van der Waals surface area contributed by atoms with Gasteiger partial charge in [0.25, 0.3) is 0 Å². The van der Waals surface area contributed by atoms with E-state index in [4.69, 9.17) is 4.74 Å². The lowest BCUT2D eigenvalue weighted by atomic mass is 10.2. The fraction of sp³-hybridized carbons (Fsp3) is 0.357. The summed E-state index contributed by atoms with van der Waals surface area (Å²) in [7, 11) is 1.36. The highest BCUT2D eigenvalue weighted by molar-refractivity contribution is 5.86. The van der Waals surface area contributed by atoms with E-state index in [1.165, 1.54) is 13.2 Å². The fourth-order valence-corrected chi connectivity index (χ4v) is 1.24. The van der Waals surface area contributed by atoms with Crippen LogP contribution in [0.15, 0.2) is 30.3 Å². The van der Waals surface area contributed by atoms with Crippen LogP contribution >= 0.6 is 0 Å². The van der Waals surface area contributed by atoms with Crippen LogP contribution in [-0.4, -0.2) is 19.2 Å². The summed E-state index contributed by atoms with van der Waals surface area (Å²) in [4.78, 5) is 11.0. The van der Waals surface area contributed by atoms with Crippen molar-refractivity contribution in [2.45, 2.75) is 26.4 Å². The Kier molecular flexibility index (Phi) is 5.27. The van der Waals surface area contributed by atoms with Crippen LogP contribution in [-0.2, 0) is 9.53 Å². The third-order valence-electron chi connectivity index (χ3n) is 2.38. The van der Waals surface area contributed by atoms with Crippen molar-refractivity contribution in [2.24, 2.45) is 0 Å². The van der Waals surface area contributed by atoms with Crippen molar-refractivity contribution >= 4 is 12.0 Å². The Morgan fingerprint density at radius 2 is 2.24 bits per heavy atom. The van der Waals surface area contributed by atoms with Gasteiger partial charge < -0.3 is 9.47 Å². The van der Waals surface area contributed by atoms with Crippen LogP contribution in [0.4, 0.5) is 0 Å². The molecule has 1 aromatic carbocycles. The van der Waals surface area contributed by atoms with Crippen molar-refractivity contribution < 1.29 is 14.3 Å². The number of carbonyl (C=O) groups is 1. The van der Waals surface area contributed by atoms with Gasteiger partial charge in [-0.25, -0.2) is 4.79 Å². The van der Waals surface area contributed by atoms with Crippen LogP contribution < -0.4 is 4.74 Å². The van der Waals surface area contributed by atoms with E-state index >= 15 is 0 Å². The lowest BCUT2D eigenvalue weighted by Crippen LogP contribution is -2.09. The number of hydrogen-bond acceptors (Lipinski definition) is 3. The highest BCUT2D eigenvalue weighted by Crippen LogP contribution is 2.16. The first-order chi connectivity index (χ1) is 8.15. The topological polar surface area (TPSA) is 35.5 Å². The third-order valence-corrected chi connectivity index (χ3v) is 2.38. The molecule has 0 aliphatic carbocycles. The molecule has 0 fully saturated rings. The molecule has 0 saturated heterocycles. The van der Waals surface area contributed by atoms with Crippen molar-refractivity contribution in [1.82, 2.24) is 0 Å². The summed E-state index contributed by atoms with van der Waals surface area (Å²) in [5.74, 6) is 0.449. The molecule has 0 heterocycles. The Bertz CT molecular complexity index is 396. The smallest absolute Gasteiger partial charge is 0.330 e. The summed E-state index contributed by atoms with van der Waals surface area (Å²) in [6, 6.07) is 7.60. The Morgan fingerprint density at radius 1 is 1.47 bits per heavy atom. The lowest BCUT2D eigenvalue weighted by Gasteiger charge is -2.12. The molecule has 0 bridgehead atoms. The van der Waals surface area contributed by atoms with Crippen molar-refractivity contribution in [3.63, 3.8) is 0 Å². The molecule has 0 amide bonds. The number of rotatable bonds is 5. The second-order valence-corrected chi connectivity index (χ2v) is 3.77. The Labute approximate surface area is 102 Å². The van der Waals surface area contributed by atoms with E-state index < -0.39 is 0 Å². The van der Waals surface area contributed by atoms with Crippen molar-refractivity contribution in [3.8, 4) is 5.75 Å². The number of carbonyl (C=O) groups excluding carboxylic acids is 1. The van der Waals surface area contributed by atoms with Gasteiger partial charge >= 0.3 is 5.97 Å². The van der Waals surface area contributed by atoms with Crippen LogP contribution in [0.3, 0.4) is 0 Å². The predicted molar refractivity (Wildman–Crippen MR) is 67.9 cm³/mol. The first kappa shape index (κ1) is 13.3. The highest BCUT2D eigenvalue weighted by atomic mass is 16.5.